The lowest BCUT2D eigenvalue weighted by Gasteiger charge is -2.36. The Morgan fingerprint density at radius 1 is 0.500 bits per heavy atom. The summed E-state index contributed by atoms with van der Waals surface area (Å²) in [7, 11) is 0. The van der Waals surface area contributed by atoms with Gasteiger partial charge in [-0.15, -0.1) is 0 Å². The van der Waals surface area contributed by atoms with Crippen LogP contribution in [0.5, 0.6) is 11.5 Å². The van der Waals surface area contributed by atoms with Gasteiger partial charge in [0, 0.05) is 34.6 Å². The van der Waals surface area contributed by atoms with Crippen LogP contribution in [-0.4, -0.2) is 11.9 Å². The summed E-state index contributed by atoms with van der Waals surface area (Å²) < 4.78 is 10.9. The number of aryl methyl sites for hydroxylation is 3. The highest BCUT2D eigenvalue weighted by Crippen LogP contribution is 2.44. The van der Waals surface area contributed by atoms with Crippen molar-refractivity contribution >= 4 is 29.0 Å². The van der Waals surface area contributed by atoms with Crippen molar-refractivity contribution in [1.29, 1.82) is 0 Å². The van der Waals surface area contributed by atoms with Crippen LogP contribution in [0.4, 0.5) is 17.1 Å². The van der Waals surface area contributed by atoms with Crippen molar-refractivity contribution in [2.75, 3.05) is 4.90 Å². The number of anilines is 3. The fourth-order valence-corrected chi connectivity index (χ4v) is 7.42. The molecular weight excluding hydrogens is 715 g/mol. The molecule has 0 amide bonds. The van der Waals surface area contributed by atoms with Gasteiger partial charge in [-0.2, -0.15) is 0 Å². The minimum absolute atomic E-state index is 0.434. The Kier molecular flexibility index (Phi) is 11.9. The molecule has 7 rings (SSSR count). The van der Waals surface area contributed by atoms with Crippen LogP contribution in [0, 0.1) is 13.8 Å². The average Bonchev–Trinajstić information content (AvgIpc) is 3.27. The van der Waals surface area contributed by atoms with E-state index in [0.29, 0.717) is 11.5 Å². The molecule has 0 aromatic heterocycles. The Bertz CT molecular complexity index is 2380. The van der Waals surface area contributed by atoms with Crippen LogP contribution in [0.25, 0.3) is 11.1 Å². The lowest BCUT2D eigenvalue weighted by Crippen LogP contribution is -2.30. The summed E-state index contributed by atoms with van der Waals surface area (Å²) in [4.78, 5) is 26.3. The molecular formula is C53H45NO4. The summed E-state index contributed by atoms with van der Waals surface area (Å²) in [6.45, 7) is 11.3. The van der Waals surface area contributed by atoms with Crippen molar-refractivity contribution in [2.45, 2.75) is 32.1 Å². The first-order valence-electron chi connectivity index (χ1n) is 19.3. The molecule has 0 fully saturated rings. The van der Waals surface area contributed by atoms with Gasteiger partial charge in [-0.1, -0.05) is 140 Å². The molecule has 0 unspecified atom stereocenters. The van der Waals surface area contributed by atoms with Gasteiger partial charge in [0.1, 0.15) is 11.5 Å². The maximum atomic E-state index is 12.0. The third-order valence-corrected chi connectivity index (χ3v) is 10.5. The fraction of sp³-hybridized carbons (Fsp3) is 0.0943. The first kappa shape index (κ1) is 39.0. The highest BCUT2D eigenvalue weighted by atomic mass is 16.5. The Hall–Kier alpha value is -7.24. The lowest BCUT2D eigenvalue weighted by molar-refractivity contribution is -0.129. The molecule has 0 bridgehead atoms. The normalized spacial score (nSPS) is 11.0. The molecule has 286 valence electrons. The molecule has 7 aromatic carbocycles. The summed E-state index contributed by atoms with van der Waals surface area (Å²) >= 11 is 0. The molecule has 5 nitrogen and oxygen atoms in total. The molecule has 0 aliphatic heterocycles. The van der Waals surface area contributed by atoms with Crippen LogP contribution in [0.15, 0.2) is 201 Å². The quantitative estimate of drug-likeness (QED) is 0.0478. The van der Waals surface area contributed by atoms with E-state index in [0.717, 1.165) is 69.9 Å². The van der Waals surface area contributed by atoms with Gasteiger partial charge >= 0.3 is 11.9 Å². The second-order valence-electron chi connectivity index (χ2n) is 14.3. The van der Waals surface area contributed by atoms with E-state index < -0.39 is 17.4 Å². The summed E-state index contributed by atoms with van der Waals surface area (Å²) in [5.74, 6) is -0.164. The highest BCUT2D eigenvalue weighted by molar-refractivity contribution is 5.84. The van der Waals surface area contributed by atoms with Crippen molar-refractivity contribution in [3.05, 3.63) is 235 Å². The average molecular weight is 760 g/mol. The van der Waals surface area contributed by atoms with Crippen molar-refractivity contribution in [3.8, 4) is 22.6 Å². The number of rotatable bonds is 14. The molecule has 7 aromatic rings. The lowest BCUT2D eigenvalue weighted by atomic mass is 9.66. The summed E-state index contributed by atoms with van der Waals surface area (Å²) in [5, 5.41) is 0. The Balaban J connectivity index is 1.19. The van der Waals surface area contributed by atoms with E-state index in [-0.39, 0.29) is 0 Å². The number of hydrogen-bond donors (Lipinski definition) is 0. The predicted octanol–water partition coefficient (Wildman–Crippen LogP) is 12.6. The highest BCUT2D eigenvalue weighted by Gasteiger charge is 2.36. The third-order valence-electron chi connectivity index (χ3n) is 10.5. The van der Waals surface area contributed by atoms with Crippen LogP contribution in [0.2, 0.25) is 0 Å². The molecule has 5 heteroatoms. The Labute approximate surface area is 341 Å². The van der Waals surface area contributed by atoms with Crippen LogP contribution in [0.3, 0.4) is 0 Å². The van der Waals surface area contributed by atoms with E-state index in [1.165, 1.54) is 16.7 Å². The Morgan fingerprint density at radius 2 is 0.879 bits per heavy atom. The van der Waals surface area contributed by atoms with E-state index in [4.69, 9.17) is 9.47 Å². The molecule has 0 saturated carbocycles. The molecule has 0 atom stereocenters. The monoisotopic (exact) mass is 759 g/mol. The smallest absolute Gasteiger partial charge is 0.335 e. The summed E-state index contributed by atoms with van der Waals surface area (Å²) in [5.41, 5.74) is 11.8. The predicted molar refractivity (Wildman–Crippen MR) is 235 cm³/mol. The van der Waals surface area contributed by atoms with Crippen LogP contribution in [0.1, 0.15) is 39.8 Å². The van der Waals surface area contributed by atoms with Gasteiger partial charge in [-0.3, -0.25) is 0 Å². The van der Waals surface area contributed by atoms with Gasteiger partial charge in [-0.05, 0) is 121 Å². The molecule has 0 N–H and O–H groups in total. The number of nitrogens with zero attached hydrogens (tertiary/aromatic N) is 1. The molecule has 0 aliphatic rings. The first-order chi connectivity index (χ1) is 28.2. The van der Waals surface area contributed by atoms with Gasteiger partial charge in [0.25, 0.3) is 0 Å². The summed E-state index contributed by atoms with van der Waals surface area (Å²) in [6, 6.07) is 60.5. The van der Waals surface area contributed by atoms with Gasteiger partial charge in [0.2, 0.25) is 0 Å². The first-order valence-corrected chi connectivity index (χ1v) is 19.3. The standard InChI is InChI=1S/C53H45NO4/c1-5-51(55)57-49-32-22-44(23-33-49)53(43-10-8-7-9-11-43,45-24-34-50(35-25-45)58-52(56)6-2)37-36-40-16-18-41(19-17-40)42-20-30-48(31-21-42)54(46-26-12-38(3)13-27-46)47-28-14-39(4)15-29-47/h5-35H,1-2,36-37H2,3-4H3. The Morgan fingerprint density at radius 3 is 1.29 bits per heavy atom. The van der Waals surface area contributed by atoms with E-state index in [1.54, 1.807) is 0 Å². The molecule has 0 saturated heterocycles. The number of hydrogen-bond acceptors (Lipinski definition) is 5. The van der Waals surface area contributed by atoms with Crippen LogP contribution >= 0.6 is 0 Å². The van der Waals surface area contributed by atoms with Gasteiger partial charge in [-0.25, -0.2) is 9.59 Å². The number of carbonyl (C=O) groups excluding carboxylic acids is 2. The SMILES string of the molecule is C=CC(=O)Oc1ccc(C(CCc2ccc(-c3ccc(N(c4ccc(C)cc4)c4ccc(C)cc4)cc3)cc2)(c2ccccc2)c2ccc(OC(=O)C=C)cc2)cc1. The number of carbonyl (C=O) groups is 2. The third kappa shape index (κ3) is 8.75. The fourth-order valence-electron chi connectivity index (χ4n) is 7.42. The zero-order valence-corrected chi connectivity index (χ0v) is 32.8. The molecule has 0 heterocycles. The van der Waals surface area contributed by atoms with Gasteiger partial charge in [0.15, 0.2) is 0 Å². The van der Waals surface area contributed by atoms with Crippen LogP contribution < -0.4 is 14.4 Å². The maximum Gasteiger partial charge on any atom is 0.335 e. The second kappa shape index (κ2) is 17.7. The molecule has 0 aliphatic carbocycles. The molecule has 0 radical (unpaired) electrons. The zero-order valence-electron chi connectivity index (χ0n) is 32.8. The van der Waals surface area contributed by atoms with Crippen molar-refractivity contribution in [3.63, 3.8) is 0 Å². The van der Waals surface area contributed by atoms with Crippen LogP contribution in [-0.2, 0) is 21.4 Å². The maximum absolute atomic E-state index is 12.0. The van der Waals surface area contributed by atoms with Crippen molar-refractivity contribution < 1.29 is 19.1 Å². The van der Waals surface area contributed by atoms with E-state index in [1.807, 2.05) is 66.7 Å². The van der Waals surface area contributed by atoms with Crippen molar-refractivity contribution in [1.82, 2.24) is 0 Å². The number of ether oxygens (including phenoxy) is 2. The molecule has 58 heavy (non-hydrogen) atoms. The van der Waals surface area contributed by atoms with Gasteiger partial charge in [0.05, 0.1) is 0 Å². The number of esters is 2. The minimum atomic E-state index is -0.613. The van der Waals surface area contributed by atoms with E-state index in [9.17, 15) is 9.59 Å². The zero-order chi connectivity index (χ0) is 40.5. The summed E-state index contributed by atoms with van der Waals surface area (Å²) in [6.07, 6.45) is 3.78. The minimum Gasteiger partial charge on any atom is -0.423 e. The second-order valence-corrected chi connectivity index (χ2v) is 14.3. The topological polar surface area (TPSA) is 55.8 Å². The number of benzene rings is 7. The molecule has 0 spiro atoms. The van der Waals surface area contributed by atoms with E-state index in [2.05, 4.69) is 141 Å². The van der Waals surface area contributed by atoms with Gasteiger partial charge < -0.3 is 14.4 Å². The van der Waals surface area contributed by atoms with E-state index >= 15 is 0 Å². The largest absolute Gasteiger partial charge is 0.423 e. The van der Waals surface area contributed by atoms with Crippen molar-refractivity contribution in [2.24, 2.45) is 0 Å².